The Bertz CT molecular complexity index is 439. The second kappa shape index (κ2) is 6.26. The molecule has 2 heterocycles. The predicted octanol–water partition coefficient (Wildman–Crippen LogP) is -0.591. The van der Waals surface area contributed by atoms with E-state index in [2.05, 4.69) is 25.2 Å². The van der Waals surface area contributed by atoms with Gasteiger partial charge in [0.1, 0.15) is 12.2 Å². The van der Waals surface area contributed by atoms with E-state index in [1.165, 1.54) is 6.33 Å². The number of aromatic amines is 1. The molecular formula is C10H19N5O2S. The van der Waals surface area contributed by atoms with Gasteiger partial charge in [-0.15, -0.1) is 0 Å². The van der Waals surface area contributed by atoms with E-state index >= 15 is 0 Å². The van der Waals surface area contributed by atoms with Crippen molar-refractivity contribution in [1.29, 1.82) is 0 Å². The Kier molecular flexibility index (Phi) is 4.67. The average molecular weight is 273 g/mol. The van der Waals surface area contributed by atoms with E-state index in [9.17, 15) is 8.42 Å². The highest BCUT2D eigenvalue weighted by Crippen LogP contribution is 2.10. The van der Waals surface area contributed by atoms with Gasteiger partial charge >= 0.3 is 0 Å². The monoisotopic (exact) mass is 273 g/mol. The van der Waals surface area contributed by atoms with Crippen LogP contribution in [0, 0.1) is 0 Å². The van der Waals surface area contributed by atoms with Crippen LogP contribution in [0.5, 0.6) is 0 Å². The van der Waals surface area contributed by atoms with Gasteiger partial charge in [0.2, 0.25) is 10.0 Å². The fourth-order valence-electron chi connectivity index (χ4n) is 2.02. The second-order valence-electron chi connectivity index (χ2n) is 4.44. The zero-order valence-electron chi connectivity index (χ0n) is 10.2. The van der Waals surface area contributed by atoms with E-state index < -0.39 is 10.0 Å². The number of nitrogens with zero attached hydrogens (tertiary/aromatic N) is 2. The zero-order chi connectivity index (χ0) is 12.8. The van der Waals surface area contributed by atoms with Crippen LogP contribution in [0.2, 0.25) is 0 Å². The molecule has 102 valence electrons. The Labute approximate surface area is 107 Å². The number of aryl methyl sites for hydroxylation is 1. The Morgan fingerprint density at radius 3 is 3.06 bits per heavy atom. The van der Waals surface area contributed by atoms with Crippen LogP contribution in [0.3, 0.4) is 0 Å². The topological polar surface area (TPSA) is 99.8 Å². The van der Waals surface area contributed by atoms with Gasteiger partial charge < -0.3 is 5.32 Å². The molecule has 0 amide bonds. The first-order chi connectivity index (χ1) is 8.68. The van der Waals surface area contributed by atoms with E-state index in [1.54, 1.807) is 0 Å². The number of sulfonamides is 1. The van der Waals surface area contributed by atoms with Crippen LogP contribution in [-0.2, 0) is 16.4 Å². The number of hydrogen-bond acceptors (Lipinski definition) is 5. The third-order valence-corrected chi connectivity index (χ3v) is 4.94. The van der Waals surface area contributed by atoms with Gasteiger partial charge in [0.25, 0.3) is 0 Å². The molecule has 1 fully saturated rings. The molecule has 1 aliphatic rings. The van der Waals surface area contributed by atoms with Gasteiger partial charge in [-0.2, -0.15) is 5.10 Å². The third kappa shape index (κ3) is 3.76. The summed E-state index contributed by atoms with van der Waals surface area (Å²) < 4.78 is 26.6. The van der Waals surface area contributed by atoms with E-state index in [0.717, 1.165) is 25.2 Å². The summed E-state index contributed by atoms with van der Waals surface area (Å²) in [5.41, 5.74) is 0. The van der Waals surface area contributed by atoms with Crippen LogP contribution in [-0.4, -0.2) is 48.5 Å². The van der Waals surface area contributed by atoms with Gasteiger partial charge in [0, 0.05) is 19.5 Å². The molecule has 3 N–H and O–H groups in total. The molecule has 1 aromatic rings. The van der Waals surface area contributed by atoms with Crippen molar-refractivity contribution >= 4 is 10.0 Å². The van der Waals surface area contributed by atoms with E-state index in [1.807, 2.05) is 0 Å². The highest BCUT2D eigenvalue weighted by molar-refractivity contribution is 7.90. The summed E-state index contributed by atoms with van der Waals surface area (Å²) in [5.74, 6) is 0.786. The van der Waals surface area contributed by atoms with Crippen LogP contribution in [0.1, 0.15) is 25.1 Å². The lowest BCUT2D eigenvalue weighted by Gasteiger charge is -2.22. The highest BCUT2D eigenvalue weighted by atomic mass is 32.2. The molecule has 8 heteroatoms. The lowest BCUT2D eigenvalue weighted by Crippen LogP contribution is -2.44. The van der Waals surface area contributed by atoms with Crippen LogP contribution < -0.4 is 10.0 Å². The zero-order valence-corrected chi connectivity index (χ0v) is 11.0. The Morgan fingerprint density at radius 1 is 1.50 bits per heavy atom. The molecule has 0 spiro atoms. The van der Waals surface area contributed by atoms with Crippen LogP contribution in [0.4, 0.5) is 0 Å². The smallest absolute Gasteiger partial charge is 0.215 e. The normalized spacial score (nSPS) is 21.0. The summed E-state index contributed by atoms with van der Waals surface area (Å²) >= 11 is 0. The van der Waals surface area contributed by atoms with Crippen molar-refractivity contribution in [3.63, 3.8) is 0 Å². The van der Waals surface area contributed by atoms with Crippen LogP contribution >= 0.6 is 0 Å². The molecule has 1 aromatic heterocycles. The van der Waals surface area contributed by atoms with Crippen molar-refractivity contribution in [1.82, 2.24) is 25.2 Å². The molecule has 2 rings (SSSR count). The van der Waals surface area contributed by atoms with Crippen molar-refractivity contribution in [3.8, 4) is 0 Å². The quantitative estimate of drug-likeness (QED) is 0.602. The molecule has 0 radical (unpaired) electrons. The molecule has 1 saturated heterocycles. The van der Waals surface area contributed by atoms with Crippen molar-refractivity contribution in [3.05, 3.63) is 12.2 Å². The highest BCUT2D eigenvalue weighted by Gasteiger charge is 2.26. The van der Waals surface area contributed by atoms with Crippen molar-refractivity contribution in [2.45, 2.75) is 30.9 Å². The molecule has 1 atom stereocenters. The maximum absolute atomic E-state index is 12.0. The number of aromatic nitrogens is 3. The van der Waals surface area contributed by atoms with Crippen LogP contribution in [0.25, 0.3) is 0 Å². The summed E-state index contributed by atoms with van der Waals surface area (Å²) in [5, 5.41) is 9.31. The number of rotatable bonds is 6. The number of hydrogen-bond donors (Lipinski definition) is 3. The van der Waals surface area contributed by atoms with Gasteiger partial charge in [0.15, 0.2) is 0 Å². The van der Waals surface area contributed by atoms with Crippen molar-refractivity contribution < 1.29 is 8.42 Å². The molecule has 18 heavy (non-hydrogen) atoms. The van der Waals surface area contributed by atoms with Crippen molar-refractivity contribution in [2.24, 2.45) is 0 Å². The van der Waals surface area contributed by atoms with Gasteiger partial charge in [-0.05, 0) is 25.8 Å². The maximum atomic E-state index is 12.0. The van der Waals surface area contributed by atoms with E-state index in [4.69, 9.17) is 0 Å². The lowest BCUT2D eigenvalue weighted by molar-refractivity contribution is 0.489. The maximum Gasteiger partial charge on any atom is 0.215 e. The minimum absolute atomic E-state index is 0.295. The van der Waals surface area contributed by atoms with E-state index in [0.29, 0.717) is 25.9 Å². The molecule has 1 unspecified atom stereocenters. The first kappa shape index (κ1) is 13.4. The van der Waals surface area contributed by atoms with Crippen LogP contribution in [0.15, 0.2) is 6.33 Å². The molecule has 0 saturated carbocycles. The number of piperidine rings is 1. The standard InChI is InChI=1S/C10H19N5O2S/c16-18(17,9-3-1-5-11-7-9)14-6-2-4-10-12-8-13-15-10/h8-9,11,14H,1-7H2,(H,12,13,15). The van der Waals surface area contributed by atoms with Gasteiger partial charge in [0.05, 0.1) is 5.25 Å². The molecule has 0 bridgehead atoms. The summed E-state index contributed by atoms with van der Waals surface area (Å²) in [6.07, 6.45) is 4.53. The third-order valence-electron chi connectivity index (χ3n) is 3.05. The predicted molar refractivity (Wildman–Crippen MR) is 67.5 cm³/mol. The fraction of sp³-hybridized carbons (Fsp3) is 0.800. The Morgan fingerprint density at radius 2 is 2.39 bits per heavy atom. The first-order valence-corrected chi connectivity index (χ1v) is 7.76. The molecule has 7 nitrogen and oxygen atoms in total. The second-order valence-corrected chi connectivity index (χ2v) is 6.49. The molecule has 1 aliphatic heterocycles. The number of nitrogens with one attached hydrogen (secondary N) is 3. The van der Waals surface area contributed by atoms with Gasteiger partial charge in [-0.3, -0.25) is 5.10 Å². The van der Waals surface area contributed by atoms with E-state index in [-0.39, 0.29) is 5.25 Å². The summed E-state index contributed by atoms with van der Waals surface area (Å²) in [6, 6.07) is 0. The fourth-order valence-corrected chi connectivity index (χ4v) is 3.50. The first-order valence-electron chi connectivity index (χ1n) is 6.22. The molecule has 0 aliphatic carbocycles. The van der Waals surface area contributed by atoms with Gasteiger partial charge in [-0.25, -0.2) is 18.1 Å². The molecule has 0 aromatic carbocycles. The lowest BCUT2D eigenvalue weighted by atomic mass is 10.2. The minimum Gasteiger partial charge on any atom is -0.315 e. The summed E-state index contributed by atoms with van der Waals surface area (Å²) in [7, 11) is -3.18. The Balaban J connectivity index is 1.71. The van der Waals surface area contributed by atoms with Crippen molar-refractivity contribution in [2.75, 3.05) is 19.6 Å². The molecular weight excluding hydrogens is 254 g/mol. The number of H-pyrrole nitrogens is 1. The average Bonchev–Trinajstić information content (AvgIpc) is 2.89. The van der Waals surface area contributed by atoms with Gasteiger partial charge in [-0.1, -0.05) is 0 Å². The SMILES string of the molecule is O=S(=O)(NCCCc1ncn[nH]1)C1CCCNC1. The Hall–Kier alpha value is -0.990. The minimum atomic E-state index is -3.18. The summed E-state index contributed by atoms with van der Waals surface area (Å²) in [4.78, 5) is 3.99. The summed E-state index contributed by atoms with van der Waals surface area (Å²) in [6.45, 7) is 1.91. The largest absolute Gasteiger partial charge is 0.315 e.